The molecule has 1 aromatic heterocycles. The standard InChI is InChI=1S/C16H15N3O2S/c1-21-11-6-7-13-14(8-11)22-16(18-13)19-15(20)12-5-3-2-4-10(12)9-17/h2-8H,9,17H2,1H3,(H,18,19,20). The zero-order valence-electron chi connectivity index (χ0n) is 12.0. The summed E-state index contributed by atoms with van der Waals surface area (Å²) in [5.41, 5.74) is 7.87. The van der Waals surface area contributed by atoms with Gasteiger partial charge in [0.2, 0.25) is 0 Å². The minimum atomic E-state index is -0.202. The predicted octanol–water partition coefficient (Wildman–Crippen LogP) is 3.02. The van der Waals surface area contributed by atoms with Crippen molar-refractivity contribution in [2.75, 3.05) is 12.4 Å². The van der Waals surface area contributed by atoms with Gasteiger partial charge in [-0.3, -0.25) is 10.1 Å². The Morgan fingerprint density at radius 1 is 1.32 bits per heavy atom. The van der Waals surface area contributed by atoms with Gasteiger partial charge >= 0.3 is 0 Å². The van der Waals surface area contributed by atoms with Crippen molar-refractivity contribution in [2.24, 2.45) is 5.73 Å². The molecule has 0 aliphatic carbocycles. The number of fused-ring (bicyclic) bond motifs is 1. The summed E-state index contributed by atoms with van der Waals surface area (Å²) in [6.45, 7) is 0.320. The second-order valence-corrected chi connectivity index (χ2v) is 5.70. The van der Waals surface area contributed by atoms with Crippen LogP contribution >= 0.6 is 11.3 Å². The van der Waals surface area contributed by atoms with Crippen LogP contribution in [0.4, 0.5) is 5.13 Å². The molecular formula is C16H15N3O2S. The van der Waals surface area contributed by atoms with Crippen molar-refractivity contribution in [3.8, 4) is 5.75 Å². The van der Waals surface area contributed by atoms with E-state index in [0.29, 0.717) is 17.2 Å². The number of carbonyl (C=O) groups is 1. The molecular weight excluding hydrogens is 298 g/mol. The van der Waals surface area contributed by atoms with Gasteiger partial charge in [-0.05, 0) is 29.8 Å². The zero-order valence-corrected chi connectivity index (χ0v) is 12.8. The van der Waals surface area contributed by atoms with Crippen molar-refractivity contribution < 1.29 is 9.53 Å². The highest BCUT2D eigenvalue weighted by Gasteiger charge is 2.13. The van der Waals surface area contributed by atoms with Crippen molar-refractivity contribution in [3.63, 3.8) is 0 Å². The lowest BCUT2D eigenvalue weighted by molar-refractivity contribution is 0.102. The number of nitrogens with two attached hydrogens (primary N) is 1. The Bertz CT molecular complexity index is 829. The fourth-order valence-electron chi connectivity index (χ4n) is 2.17. The van der Waals surface area contributed by atoms with Gasteiger partial charge in [0.15, 0.2) is 5.13 Å². The maximum absolute atomic E-state index is 12.4. The van der Waals surface area contributed by atoms with E-state index in [2.05, 4.69) is 10.3 Å². The van der Waals surface area contributed by atoms with Gasteiger partial charge in [-0.15, -0.1) is 0 Å². The van der Waals surface area contributed by atoms with E-state index in [1.165, 1.54) is 11.3 Å². The number of anilines is 1. The summed E-state index contributed by atoms with van der Waals surface area (Å²) in [6, 6.07) is 12.9. The van der Waals surface area contributed by atoms with Crippen molar-refractivity contribution in [3.05, 3.63) is 53.6 Å². The first kappa shape index (κ1) is 14.5. The Balaban J connectivity index is 1.87. The minimum absolute atomic E-state index is 0.202. The second-order valence-electron chi connectivity index (χ2n) is 4.67. The molecule has 6 heteroatoms. The molecule has 0 aliphatic heterocycles. The molecule has 0 saturated heterocycles. The third-order valence-electron chi connectivity index (χ3n) is 3.30. The second kappa shape index (κ2) is 6.13. The molecule has 0 radical (unpaired) electrons. The first-order chi connectivity index (χ1) is 10.7. The Morgan fingerprint density at radius 2 is 2.14 bits per heavy atom. The SMILES string of the molecule is COc1ccc2nc(NC(=O)c3ccccc3CN)sc2c1. The maximum atomic E-state index is 12.4. The summed E-state index contributed by atoms with van der Waals surface area (Å²) in [4.78, 5) is 16.8. The predicted molar refractivity (Wildman–Crippen MR) is 88.5 cm³/mol. The molecule has 112 valence electrons. The van der Waals surface area contributed by atoms with Crippen molar-refractivity contribution in [2.45, 2.75) is 6.54 Å². The van der Waals surface area contributed by atoms with Gasteiger partial charge in [0, 0.05) is 12.1 Å². The minimum Gasteiger partial charge on any atom is -0.497 e. The highest BCUT2D eigenvalue weighted by Crippen LogP contribution is 2.29. The van der Waals surface area contributed by atoms with Crippen molar-refractivity contribution in [1.82, 2.24) is 4.98 Å². The molecule has 3 rings (SSSR count). The number of ether oxygens (including phenoxy) is 1. The third-order valence-corrected chi connectivity index (χ3v) is 4.23. The number of nitrogens with one attached hydrogen (secondary N) is 1. The van der Waals surface area contributed by atoms with E-state index in [9.17, 15) is 4.79 Å². The number of amides is 1. The van der Waals surface area contributed by atoms with E-state index in [1.54, 1.807) is 13.2 Å². The highest BCUT2D eigenvalue weighted by atomic mass is 32.1. The Morgan fingerprint density at radius 3 is 2.91 bits per heavy atom. The van der Waals surface area contributed by atoms with E-state index in [-0.39, 0.29) is 5.91 Å². The van der Waals surface area contributed by atoms with Crippen LogP contribution in [0.2, 0.25) is 0 Å². The Hall–Kier alpha value is -2.44. The number of benzene rings is 2. The van der Waals surface area contributed by atoms with E-state index >= 15 is 0 Å². The largest absolute Gasteiger partial charge is 0.497 e. The van der Waals surface area contributed by atoms with Gasteiger partial charge in [-0.25, -0.2) is 4.98 Å². The first-order valence-corrected chi connectivity index (χ1v) is 7.57. The number of methoxy groups -OCH3 is 1. The third kappa shape index (κ3) is 2.79. The fourth-order valence-corrected chi connectivity index (χ4v) is 3.06. The van der Waals surface area contributed by atoms with Crippen LogP contribution in [-0.2, 0) is 6.54 Å². The quantitative estimate of drug-likeness (QED) is 0.776. The number of aromatic nitrogens is 1. The summed E-state index contributed by atoms with van der Waals surface area (Å²) in [7, 11) is 1.62. The van der Waals surface area contributed by atoms with Crippen molar-refractivity contribution >= 4 is 32.6 Å². The molecule has 22 heavy (non-hydrogen) atoms. The normalized spacial score (nSPS) is 10.6. The molecule has 0 bridgehead atoms. The summed E-state index contributed by atoms with van der Waals surface area (Å²) in [5.74, 6) is 0.564. The van der Waals surface area contributed by atoms with Crippen LogP contribution in [0.3, 0.4) is 0 Å². The van der Waals surface area contributed by atoms with Crippen LogP contribution in [0.1, 0.15) is 15.9 Å². The molecule has 0 atom stereocenters. The van der Waals surface area contributed by atoms with E-state index in [4.69, 9.17) is 10.5 Å². The molecule has 2 aromatic carbocycles. The molecule has 0 fully saturated rings. The summed E-state index contributed by atoms with van der Waals surface area (Å²) in [6.07, 6.45) is 0. The average Bonchev–Trinajstić information content (AvgIpc) is 2.95. The molecule has 0 spiro atoms. The van der Waals surface area contributed by atoms with Crippen LogP contribution in [0.5, 0.6) is 5.75 Å². The van der Waals surface area contributed by atoms with E-state index in [0.717, 1.165) is 21.5 Å². The van der Waals surface area contributed by atoms with Crippen LogP contribution in [-0.4, -0.2) is 18.0 Å². The molecule has 3 N–H and O–H groups in total. The van der Waals surface area contributed by atoms with Gasteiger partial charge < -0.3 is 10.5 Å². The van der Waals surface area contributed by atoms with Gasteiger partial charge in [0.05, 0.1) is 17.3 Å². The Kier molecular flexibility index (Phi) is 4.04. The average molecular weight is 313 g/mol. The fraction of sp³-hybridized carbons (Fsp3) is 0.125. The number of hydrogen-bond acceptors (Lipinski definition) is 5. The Labute approximate surface area is 131 Å². The van der Waals surface area contributed by atoms with E-state index in [1.807, 2.05) is 36.4 Å². The number of hydrogen-bond donors (Lipinski definition) is 2. The zero-order chi connectivity index (χ0) is 15.5. The number of rotatable bonds is 4. The lowest BCUT2D eigenvalue weighted by Crippen LogP contribution is -2.15. The van der Waals surface area contributed by atoms with Gasteiger partial charge in [-0.2, -0.15) is 0 Å². The topological polar surface area (TPSA) is 77.2 Å². The van der Waals surface area contributed by atoms with Gasteiger partial charge in [0.25, 0.3) is 5.91 Å². The smallest absolute Gasteiger partial charge is 0.257 e. The molecule has 5 nitrogen and oxygen atoms in total. The van der Waals surface area contributed by atoms with Crippen molar-refractivity contribution in [1.29, 1.82) is 0 Å². The monoisotopic (exact) mass is 313 g/mol. The molecule has 1 heterocycles. The van der Waals surface area contributed by atoms with Crippen LogP contribution in [0.15, 0.2) is 42.5 Å². The number of carbonyl (C=O) groups excluding carboxylic acids is 1. The number of nitrogens with zero attached hydrogens (tertiary/aromatic N) is 1. The maximum Gasteiger partial charge on any atom is 0.257 e. The lowest BCUT2D eigenvalue weighted by Gasteiger charge is -2.06. The van der Waals surface area contributed by atoms with Crippen LogP contribution in [0.25, 0.3) is 10.2 Å². The highest BCUT2D eigenvalue weighted by molar-refractivity contribution is 7.22. The van der Waals surface area contributed by atoms with Crippen LogP contribution in [0, 0.1) is 0 Å². The summed E-state index contributed by atoms with van der Waals surface area (Å²) < 4.78 is 6.15. The molecule has 3 aromatic rings. The lowest BCUT2D eigenvalue weighted by atomic mass is 10.1. The van der Waals surface area contributed by atoms with Gasteiger partial charge in [0.1, 0.15) is 5.75 Å². The first-order valence-electron chi connectivity index (χ1n) is 6.75. The molecule has 0 aliphatic rings. The van der Waals surface area contributed by atoms with Gasteiger partial charge in [-0.1, -0.05) is 29.5 Å². The molecule has 1 amide bonds. The number of thiazole rings is 1. The van der Waals surface area contributed by atoms with E-state index < -0.39 is 0 Å². The summed E-state index contributed by atoms with van der Waals surface area (Å²) in [5, 5.41) is 3.39. The molecule has 0 saturated carbocycles. The summed E-state index contributed by atoms with van der Waals surface area (Å²) >= 11 is 1.41. The molecule has 0 unspecified atom stereocenters. The van der Waals surface area contributed by atoms with Crippen LogP contribution < -0.4 is 15.8 Å².